The molecule has 0 fully saturated rings. The van der Waals surface area contributed by atoms with Gasteiger partial charge in [0.2, 0.25) is 5.78 Å². The van der Waals surface area contributed by atoms with E-state index in [0.29, 0.717) is 12.8 Å². The fourth-order valence-corrected chi connectivity index (χ4v) is 0.982. The molecule has 0 saturated heterocycles. The number of ketones is 1. The molecule has 102 valence electrons. The average molecular weight is 260 g/mol. The molecule has 0 unspecified atom stereocenters. The van der Waals surface area contributed by atoms with Crippen molar-refractivity contribution in [1.29, 1.82) is 0 Å². The zero-order valence-corrected chi connectivity index (χ0v) is 10.1. The minimum atomic E-state index is -1.57. The maximum Gasteiger partial charge on any atom is 0.372 e. The van der Waals surface area contributed by atoms with Gasteiger partial charge in [0.15, 0.2) is 0 Å². The number of carboxylic acid groups (broad SMARTS) is 1. The molecule has 0 aromatic rings. The van der Waals surface area contributed by atoms with Crippen LogP contribution in [0.2, 0.25) is 0 Å². The van der Waals surface area contributed by atoms with Crippen LogP contribution in [0.1, 0.15) is 32.6 Å². The monoisotopic (exact) mass is 260 g/mol. The molecule has 7 heteroatoms. The third kappa shape index (κ3) is 8.26. The lowest BCUT2D eigenvalue weighted by atomic mass is 10.2. The molecule has 7 nitrogen and oxygen atoms in total. The van der Waals surface area contributed by atoms with E-state index in [1.165, 1.54) is 0 Å². The lowest BCUT2D eigenvalue weighted by molar-refractivity contribution is -0.153. The van der Waals surface area contributed by atoms with Crippen molar-refractivity contribution in [1.82, 2.24) is 0 Å². The van der Waals surface area contributed by atoms with E-state index in [1.54, 1.807) is 0 Å². The van der Waals surface area contributed by atoms with E-state index in [4.69, 9.17) is 9.84 Å². The molecular formula is C11H16O7. The van der Waals surface area contributed by atoms with Gasteiger partial charge in [0.1, 0.15) is 13.2 Å². The van der Waals surface area contributed by atoms with E-state index in [-0.39, 0.29) is 25.6 Å². The summed E-state index contributed by atoms with van der Waals surface area (Å²) in [6.07, 6.45) is 0.287. The van der Waals surface area contributed by atoms with Gasteiger partial charge < -0.3 is 14.6 Å². The van der Waals surface area contributed by atoms with Crippen LogP contribution in [0.5, 0.6) is 0 Å². The number of aliphatic carboxylic acids is 1. The molecule has 0 spiro atoms. The van der Waals surface area contributed by atoms with Gasteiger partial charge in [-0.2, -0.15) is 0 Å². The van der Waals surface area contributed by atoms with E-state index in [9.17, 15) is 19.2 Å². The maximum absolute atomic E-state index is 11.0. The number of hydrogen-bond donors (Lipinski definition) is 1. The molecule has 0 aromatic heterocycles. The van der Waals surface area contributed by atoms with E-state index in [1.807, 2.05) is 6.92 Å². The molecular weight excluding hydrogens is 244 g/mol. The van der Waals surface area contributed by atoms with Crippen LogP contribution in [0.3, 0.4) is 0 Å². The highest BCUT2D eigenvalue weighted by atomic mass is 16.6. The highest BCUT2D eigenvalue weighted by Gasteiger charge is 2.14. The van der Waals surface area contributed by atoms with Crippen molar-refractivity contribution in [2.24, 2.45) is 0 Å². The fraction of sp³-hybridized carbons (Fsp3) is 0.636. The predicted octanol–water partition coefficient (Wildman–Crippen LogP) is 0.307. The Balaban J connectivity index is 3.57. The van der Waals surface area contributed by atoms with Crippen LogP contribution in [-0.4, -0.2) is 42.0 Å². The van der Waals surface area contributed by atoms with Crippen molar-refractivity contribution in [2.75, 3.05) is 13.2 Å². The molecule has 0 amide bonds. The van der Waals surface area contributed by atoms with Crippen LogP contribution in [0, 0.1) is 0 Å². The zero-order chi connectivity index (χ0) is 14.0. The smallest absolute Gasteiger partial charge is 0.372 e. The molecule has 0 heterocycles. The van der Waals surface area contributed by atoms with Gasteiger partial charge in [-0.05, 0) is 6.42 Å². The number of carbonyl (C=O) groups excluding carboxylic acids is 3. The number of esters is 2. The lowest BCUT2D eigenvalue weighted by Gasteiger charge is -2.05. The van der Waals surface area contributed by atoms with Crippen molar-refractivity contribution in [2.45, 2.75) is 32.6 Å². The largest absolute Gasteiger partial charge is 0.476 e. The molecule has 18 heavy (non-hydrogen) atoms. The van der Waals surface area contributed by atoms with Crippen LogP contribution in [0.25, 0.3) is 0 Å². The summed E-state index contributed by atoms with van der Waals surface area (Å²) in [6, 6.07) is 0. The lowest BCUT2D eigenvalue weighted by Crippen LogP contribution is -2.17. The van der Waals surface area contributed by atoms with Crippen molar-refractivity contribution >= 4 is 23.7 Å². The van der Waals surface area contributed by atoms with Gasteiger partial charge in [-0.1, -0.05) is 6.92 Å². The molecule has 0 radical (unpaired) electrons. The molecule has 0 aliphatic rings. The summed E-state index contributed by atoms with van der Waals surface area (Å²) in [5, 5.41) is 8.26. The minimum absolute atomic E-state index is 0.0442. The molecule has 0 aromatic carbocycles. The summed E-state index contributed by atoms with van der Waals surface area (Å²) in [6.45, 7) is 1.69. The Morgan fingerprint density at radius 3 is 1.83 bits per heavy atom. The fourth-order valence-electron chi connectivity index (χ4n) is 0.982. The van der Waals surface area contributed by atoms with E-state index < -0.39 is 24.1 Å². The van der Waals surface area contributed by atoms with Crippen molar-refractivity contribution in [3.8, 4) is 0 Å². The zero-order valence-electron chi connectivity index (χ0n) is 10.1. The second kappa shape index (κ2) is 9.15. The number of carbonyl (C=O) groups is 4. The van der Waals surface area contributed by atoms with Crippen molar-refractivity contribution in [3.05, 3.63) is 0 Å². The van der Waals surface area contributed by atoms with E-state index >= 15 is 0 Å². The van der Waals surface area contributed by atoms with Gasteiger partial charge in [0.25, 0.3) is 0 Å². The molecule has 0 bridgehead atoms. The van der Waals surface area contributed by atoms with Gasteiger partial charge in [-0.25, -0.2) is 4.79 Å². The topological polar surface area (TPSA) is 107 Å². The second-order valence-electron chi connectivity index (χ2n) is 3.42. The normalized spacial score (nSPS) is 9.61. The summed E-state index contributed by atoms with van der Waals surface area (Å²) >= 11 is 0. The minimum Gasteiger partial charge on any atom is -0.476 e. The number of ether oxygens (including phenoxy) is 2. The molecule has 0 rings (SSSR count). The Hall–Kier alpha value is -1.92. The third-order valence-electron chi connectivity index (χ3n) is 1.86. The van der Waals surface area contributed by atoms with Gasteiger partial charge in [-0.3, -0.25) is 14.4 Å². The molecule has 0 aliphatic carbocycles. The SMILES string of the molecule is CCCC(=O)OCCOC(=O)CCC(=O)C(=O)O. The number of hydrogen-bond acceptors (Lipinski definition) is 6. The number of rotatable bonds is 9. The number of Topliss-reactive ketones (excluding diaryl/α,β-unsaturated/α-hetero) is 1. The first kappa shape index (κ1) is 16.1. The molecule has 0 saturated carbocycles. The second-order valence-corrected chi connectivity index (χ2v) is 3.42. The van der Waals surface area contributed by atoms with Crippen LogP contribution >= 0.6 is 0 Å². The van der Waals surface area contributed by atoms with Crippen LogP contribution < -0.4 is 0 Å². The van der Waals surface area contributed by atoms with Crippen molar-refractivity contribution < 1.29 is 33.8 Å². The Morgan fingerprint density at radius 1 is 0.889 bits per heavy atom. The third-order valence-corrected chi connectivity index (χ3v) is 1.86. The Labute approximate surface area is 104 Å². The summed E-state index contributed by atoms with van der Waals surface area (Å²) in [5.41, 5.74) is 0. The van der Waals surface area contributed by atoms with Crippen molar-refractivity contribution in [3.63, 3.8) is 0 Å². The summed E-state index contributed by atoms with van der Waals surface area (Å²) in [7, 11) is 0. The Kier molecular flexibility index (Phi) is 8.17. The summed E-state index contributed by atoms with van der Waals surface area (Å²) < 4.78 is 9.36. The van der Waals surface area contributed by atoms with Crippen LogP contribution in [0.4, 0.5) is 0 Å². The van der Waals surface area contributed by atoms with Gasteiger partial charge in [0, 0.05) is 12.8 Å². The first-order valence-electron chi connectivity index (χ1n) is 5.54. The average Bonchev–Trinajstić information content (AvgIpc) is 2.31. The first-order valence-corrected chi connectivity index (χ1v) is 5.54. The van der Waals surface area contributed by atoms with Gasteiger partial charge in [-0.15, -0.1) is 0 Å². The molecule has 1 N–H and O–H groups in total. The molecule has 0 aliphatic heterocycles. The van der Waals surface area contributed by atoms with Crippen LogP contribution in [-0.2, 0) is 28.7 Å². The first-order chi connectivity index (χ1) is 8.47. The maximum atomic E-state index is 11.0. The number of carboxylic acids is 1. The Bertz CT molecular complexity index is 321. The summed E-state index contributed by atoms with van der Waals surface area (Å²) in [4.78, 5) is 42.7. The van der Waals surface area contributed by atoms with E-state index in [2.05, 4.69) is 4.74 Å². The Morgan fingerprint density at radius 2 is 1.39 bits per heavy atom. The highest BCUT2D eigenvalue weighted by molar-refractivity contribution is 6.32. The highest BCUT2D eigenvalue weighted by Crippen LogP contribution is 1.96. The molecule has 0 atom stereocenters. The predicted molar refractivity (Wildman–Crippen MR) is 58.7 cm³/mol. The van der Waals surface area contributed by atoms with E-state index in [0.717, 1.165) is 0 Å². The van der Waals surface area contributed by atoms with Crippen LogP contribution in [0.15, 0.2) is 0 Å². The summed E-state index contributed by atoms with van der Waals surface area (Å²) in [5.74, 6) is -3.68. The standard InChI is InChI=1S/C11H16O7/c1-2-3-9(13)17-6-7-18-10(14)5-4-8(12)11(15)16/h2-7H2,1H3,(H,15,16). The quantitative estimate of drug-likeness (QED) is 0.361. The van der Waals surface area contributed by atoms with Gasteiger partial charge >= 0.3 is 17.9 Å². The van der Waals surface area contributed by atoms with Gasteiger partial charge in [0.05, 0.1) is 6.42 Å².